The molecule has 0 spiro atoms. The first-order chi connectivity index (χ1) is 13.5. The molecular formula is C22H18O6. The lowest BCUT2D eigenvalue weighted by molar-refractivity contribution is -0.00134. The normalized spacial score (nSPS) is 11.4. The zero-order valence-corrected chi connectivity index (χ0v) is 14.8. The van der Waals surface area contributed by atoms with Crippen molar-refractivity contribution in [3.8, 4) is 11.5 Å². The summed E-state index contributed by atoms with van der Waals surface area (Å²) in [6, 6.07) is 20.3. The highest BCUT2D eigenvalue weighted by Gasteiger charge is 2.20. The lowest BCUT2D eigenvalue weighted by Gasteiger charge is -2.18. The smallest absolute Gasteiger partial charge is 0.338 e. The van der Waals surface area contributed by atoms with Crippen LogP contribution in [0.5, 0.6) is 11.5 Å². The molecule has 0 aromatic heterocycles. The molecule has 0 heterocycles. The molecular weight excluding hydrogens is 360 g/mol. The lowest BCUT2D eigenvalue weighted by atomic mass is 10.1. The van der Waals surface area contributed by atoms with Crippen LogP contribution < -0.4 is 0 Å². The SMILES string of the molecule is O=C(OCC(OC(=O)c1ccc(O)cc1)c1ccccc1)c1ccc(O)cc1. The van der Waals surface area contributed by atoms with E-state index in [-0.39, 0.29) is 29.2 Å². The molecule has 142 valence electrons. The van der Waals surface area contributed by atoms with Gasteiger partial charge in [-0.25, -0.2) is 9.59 Å². The van der Waals surface area contributed by atoms with Crippen molar-refractivity contribution < 1.29 is 29.3 Å². The van der Waals surface area contributed by atoms with Gasteiger partial charge in [0.15, 0.2) is 6.10 Å². The standard InChI is InChI=1S/C22H18O6/c23-18-10-6-16(7-11-18)21(25)27-14-20(15-4-2-1-3-5-15)28-22(26)17-8-12-19(24)13-9-17/h1-13,20,23-24H,14H2. The van der Waals surface area contributed by atoms with Gasteiger partial charge < -0.3 is 19.7 Å². The third-order valence-electron chi connectivity index (χ3n) is 3.99. The first-order valence-electron chi connectivity index (χ1n) is 8.54. The molecule has 0 amide bonds. The Morgan fingerprint density at radius 2 is 1.21 bits per heavy atom. The van der Waals surface area contributed by atoms with Crippen LogP contribution in [0.25, 0.3) is 0 Å². The van der Waals surface area contributed by atoms with Gasteiger partial charge >= 0.3 is 11.9 Å². The second-order valence-corrected chi connectivity index (χ2v) is 6.00. The Balaban J connectivity index is 1.72. The quantitative estimate of drug-likeness (QED) is 0.633. The van der Waals surface area contributed by atoms with Gasteiger partial charge in [-0.1, -0.05) is 30.3 Å². The van der Waals surface area contributed by atoms with E-state index in [1.165, 1.54) is 48.5 Å². The second kappa shape index (κ2) is 8.73. The van der Waals surface area contributed by atoms with Gasteiger partial charge in [0.1, 0.15) is 18.1 Å². The van der Waals surface area contributed by atoms with Gasteiger partial charge in [0.05, 0.1) is 11.1 Å². The summed E-state index contributed by atoms with van der Waals surface area (Å²) in [4.78, 5) is 24.6. The van der Waals surface area contributed by atoms with Gasteiger partial charge in [-0.05, 0) is 54.1 Å². The molecule has 3 aromatic carbocycles. The van der Waals surface area contributed by atoms with Crippen molar-refractivity contribution in [3.05, 3.63) is 95.6 Å². The Bertz CT molecular complexity index is 933. The Hall–Kier alpha value is -3.80. The summed E-state index contributed by atoms with van der Waals surface area (Å²) in [5.74, 6) is -1.11. The molecule has 0 saturated carbocycles. The van der Waals surface area contributed by atoms with Crippen LogP contribution in [0.1, 0.15) is 32.4 Å². The summed E-state index contributed by atoms with van der Waals surface area (Å²) in [6.45, 7) is -0.173. The molecule has 6 heteroatoms. The van der Waals surface area contributed by atoms with Crippen LogP contribution in [-0.2, 0) is 9.47 Å². The van der Waals surface area contributed by atoms with E-state index >= 15 is 0 Å². The number of ether oxygens (including phenoxy) is 2. The fourth-order valence-corrected chi connectivity index (χ4v) is 2.49. The highest BCUT2D eigenvalue weighted by molar-refractivity contribution is 5.90. The van der Waals surface area contributed by atoms with Gasteiger partial charge in [0.25, 0.3) is 0 Å². The Kier molecular flexibility index (Phi) is 5.91. The number of phenols is 2. The molecule has 0 aliphatic rings. The summed E-state index contributed by atoms with van der Waals surface area (Å²) >= 11 is 0. The summed E-state index contributed by atoms with van der Waals surface area (Å²) in [6.07, 6.45) is -0.802. The Labute approximate surface area is 161 Å². The number of carbonyl (C=O) groups is 2. The molecule has 0 radical (unpaired) electrons. The number of rotatable bonds is 6. The predicted octanol–water partition coefficient (Wildman–Crippen LogP) is 3.85. The molecule has 0 aliphatic heterocycles. The van der Waals surface area contributed by atoms with Gasteiger partial charge in [-0.3, -0.25) is 0 Å². The van der Waals surface area contributed by atoms with Gasteiger partial charge in [0.2, 0.25) is 0 Å². The number of hydrogen-bond acceptors (Lipinski definition) is 6. The topological polar surface area (TPSA) is 93.1 Å². The maximum absolute atomic E-state index is 12.4. The van der Waals surface area contributed by atoms with E-state index in [1.54, 1.807) is 24.3 Å². The van der Waals surface area contributed by atoms with Crippen LogP contribution in [0.3, 0.4) is 0 Å². The lowest BCUT2D eigenvalue weighted by Crippen LogP contribution is -2.19. The molecule has 2 N–H and O–H groups in total. The second-order valence-electron chi connectivity index (χ2n) is 6.00. The van der Waals surface area contributed by atoms with E-state index in [1.807, 2.05) is 6.07 Å². The van der Waals surface area contributed by atoms with Crippen molar-refractivity contribution >= 4 is 11.9 Å². The van der Waals surface area contributed by atoms with Crippen molar-refractivity contribution in [2.75, 3.05) is 6.61 Å². The molecule has 1 atom stereocenters. The molecule has 3 rings (SSSR count). The van der Waals surface area contributed by atoms with E-state index < -0.39 is 18.0 Å². The average Bonchev–Trinajstić information content (AvgIpc) is 2.72. The summed E-state index contributed by atoms with van der Waals surface area (Å²) < 4.78 is 10.8. The van der Waals surface area contributed by atoms with E-state index in [4.69, 9.17) is 9.47 Å². The Morgan fingerprint density at radius 3 is 1.75 bits per heavy atom. The van der Waals surface area contributed by atoms with Crippen molar-refractivity contribution in [3.63, 3.8) is 0 Å². The predicted molar refractivity (Wildman–Crippen MR) is 101 cm³/mol. The van der Waals surface area contributed by atoms with Crippen LogP contribution in [0, 0.1) is 0 Å². The minimum Gasteiger partial charge on any atom is -0.508 e. The Morgan fingerprint density at radius 1 is 0.714 bits per heavy atom. The molecule has 0 fully saturated rings. The van der Waals surface area contributed by atoms with Crippen molar-refractivity contribution in [1.82, 2.24) is 0 Å². The number of hydrogen-bond donors (Lipinski definition) is 2. The third kappa shape index (κ3) is 4.88. The van der Waals surface area contributed by atoms with Gasteiger partial charge in [-0.2, -0.15) is 0 Å². The molecule has 28 heavy (non-hydrogen) atoms. The number of phenolic OH excluding ortho intramolecular Hbond substituents is 2. The fraction of sp³-hybridized carbons (Fsp3) is 0.0909. The summed E-state index contributed by atoms with van der Waals surface area (Å²) in [5.41, 5.74) is 1.21. The largest absolute Gasteiger partial charge is 0.508 e. The monoisotopic (exact) mass is 378 g/mol. The molecule has 0 aliphatic carbocycles. The first kappa shape index (κ1) is 19.0. The van der Waals surface area contributed by atoms with E-state index in [0.717, 1.165) is 0 Å². The van der Waals surface area contributed by atoms with Gasteiger partial charge in [0, 0.05) is 0 Å². The summed E-state index contributed by atoms with van der Waals surface area (Å²) in [5, 5.41) is 18.6. The maximum atomic E-state index is 12.4. The fourth-order valence-electron chi connectivity index (χ4n) is 2.49. The number of benzene rings is 3. The van der Waals surface area contributed by atoms with Gasteiger partial charge in [-0.15, -0.1) is 0 Å². The summed E-state index contributed by atoms with van der Waals surface area (Å²) in [7, 11) is 0. The van der Waals surface area contributed by atoms with E-state index in [2.05, 4.69) is 0 Å². The van der Waals surface area contributed by atoms with Crippen molar-refractivity contribution in [2.45, 2.75) is 6.10 Å². The average molecular weight is 378 g/mol. The van der Waals surface area contributed by atoms with Crippen LogP contribution in [0.15, 0.2) is 78.9 Å². The van der Waals surface area contributed by atoms with E-state index in [0.29, 0.717) is 5.56 Å². The minimum atomic E-state index is -0.802. The number of carbonyl (C=O) groups excluding carboxylic acids is 2. The van der Waals surface area contributed by atoms with Crippen LogP contribution in [-0.4, -0.2) is 28.8 Å². The number of aromatic hydroxyl groups is 2. The van der Waals surface area contributed by atoms with Crippen LogP contribution in [0.4, 0.5) is 0 Å². The first-order valence-corrected chi connectivity index (χ1v) is 8.54. The molecule has 6 nitrogen and oxygen atoms in total. The third-order valence-corrected chi connectivity index (χ3v) is 3.99. The molecule has 1 unspecified atom stereocenters. The molecule has 0 saturated heterocycles. The van der Waals surface area contributed by atoms with Crippen molar-refractivity contribution in [2.24, 2.45) is 0 Å². The minimum absolute atomic E-state index is 0.0407. The van der Waals surface area contributed by atoms with Crippen LogP contribution in [0.2, 0.25) is 0 Å². The number of esters is 2. The highest BCUT2D eigenvalue weighted by Crippen LogP contribution is 2.21. The van der Waals surface area contributed by atoms with E-state index in [9.17, 15) is 19.8 Å². The van der Waals surface area contributed by atoms with Crippen molar-refractivity contribution in [1.29, 1.82) is 0 Å². The zero-order chi connectivity index (χ0) is 19.9. The van der Waals surface area contributed by atoms with Crippen LogP contribution >= 0.6 is 0 Å². The molecule has 3 aromatic rings. The highest BCUT2D eigenvalue weighted by atomic mass is 16.6. The maximum Gasteiger partial charge on any atom is 0.338 e. The zero-order valence-electron chi connectivity index (χ0n) is 14.8. The molecule has 0 bridgehead atoms.